The number of carbonyl (C=O) groups excluding carboxylic acids is 1. The molecule has 0 radical (unpaired) electrons. The predicted octanol–water partition coefficient (Wildman–Crippen LogP) is -0.413. The fourth-order valence-electron chi connectivity index (χ4n) is 0.842. The minimum Gasteiger partial charge on any atom is -0.390 e. The quantitative estimate of drug-likeness (QED) is 0.541. The van der Waals surface area contributed by atoms with Crippen molar-refractivity contribution < 1.29 is 9.90 Å². The van der Waals surface area contributed by atoms with Gasteiger partial charge in [-0.3, -0.25) is 4.79 Å². The lowest BCUT2D eigenvalue weighted by Crippen LogP contribution is -2.29. The zero-order valence-electron chi connectivity index (χ0n) is 5.87. The molecule has 0 aromatic heterocycles. The standard InChI is InChI=1S/C6H10N2O2/c1-8-6(10)3-2-5(4-9)7-8/h9H,2-4H2,1H3. The molecular formula is C6H10N2O2. The van der Waals surface area contributed by atoms with Crippen LogP contribution in [-0.2, 0) is 4.79 Å². The Morgan fingerprint density at radius 1 is 1.70 bits per heavy atom. The van der Waals surface area contributed by atoms with Gasteiger partial charge in [0, 0.05) is 13.5 Å². The van der Waals surface area contributed by atoms with Crippen molar-refractivity contribution in [2.75, 3.05) is 13.7 Å². The second-order valence-corrected chi connectivity index (χ2v) is 2.24. The second kappa shape index (κ2) is 2.79. The van der Waals surface area contributed by atoms with E-state index in [1.807, 2.05) is 0 Å². The maximum Gasteiger partial charge on any atom is 0.242 e. The van der Waals surface area contributed by atoms with E-state index in [9.17, 15) is 4.79 Å². The summed E-state index contributed by atoms with van der Waals surface area (Å²) >= 11 is 0. The Morgan fingerprint density at radius 2 is 2.40 bits per heavy atom. The van der Waals surface area contributed by atoms with Gasteiger partial charge >= 0.3 is 0 Å². The molecule has 1 N–H and O–H groups in total. The number of rotatable bonds is 1. The summed E-state index contributed by atoms with van der Waals surface area (Å²) in [5.41, 5.74) is 0.683. The first-order valence-corrected chi connectivity index (χ1v) is 3.18. The van der Waals surface area contributed by atoms with E-state index in [0.717, 1.165) is 0 Å². The van der Waals surface area contributed by atoms with Crippen molar-refractivity contribution in [3.05, 3.63) is 0 Å². The summed E-state index contributed by atoms with van der Waals surface area (Å²) in [6.45, 7) is -0.0440. The summed E-state index contributed by atoms with van der Waals surface area (Å²) < 4.78 is 0. The van der Waals surface area contributed by atoms with Crippen LogP contribution in [0.2, 0.25) is 0 Å². The molecule has 1 rings (SSSR count). The number of hydrogen-bond donors (Lipinski definition) is 1. The third kappa shape index (κ3) is 1.33. The fourth-order valence-corrected chi connectivity index (χ4v) is 0.842. The lowest BCUT2D eigenvalue weighted by Gasteiger charge is -2.17. The smallest absolute Gasteiger partial charge is 0.242 e. The molecule has 0 fully saturated rings. The van der Waals surface area contributed by atoms with Crippen LogP contribution in [0.4, 0.5) is 0 Å². The SMILES string of the molecule is CN1N=C(CO)CCC1=O. The van der Waals surface area contributed by atoms with Gasteiger partial charge in [0.15, 0.2) is 0 Å². The Bertz CT molecular complexity index is 177. The number of hydrazone groups is 1. The predicted molar refractivity (Wildman–Crippen MR) is 36.5 cm³/mol. The molecule has 0 unspecified atom stereocenters. The van der Waals surface area contributed by atoms with Crippen LogP contribution < -0.4 is 0 Å². The van der Waals surface area contributed by atoms with Gasteiger partial charge in [0.25, 0.3) is 0 Å². The third-order valence-electron chi connectivity index (χ3n) is 1.46. The molecule has 0 aromatic rings. The maximum absolute atomic E-state index is 10.8. The van der Waals surface area contributed by atoms with E-state index >= 15 is 0 Å². The minimum absolute atomic E-state index is 0.0113. The summed E-state index contributed by atoms with van der Waals surface area (Å²) in [6, 6.07) is 0. The number of aliphatic hydroxyl groups excluding tert-OH is 1. The van der Waals surface area contributed by atoms with Gasteiger partial charge < -0.3 is 5.11 Å². The summed E-state index contributed by atoms with van der Waals surface area (Å²) in [5, 5.41) is 13.7. The van der Waals surface area contributed by atoms with Crippen LogP contribution in [0, 0.1) is 0 Å². The van der Waals surface area contributed by atoms with Gasteiger partial charge in [-0.15, -0.1) is 0 Å². The van der Waals surface area contributed by atoms with E-state index in [4.69, 9.17) is 5.11 Å². The van der Waals surface area contributed by atoms with Gasteiger partial charge in [-0.2, -0.15) is 5.10 Å². The van der Waals surface area contributed by atoms with Crippen LogP contribution in [0.25, 0.3) is 0 Å². The number of carbonyl (C=O) groups is 1. The van der Waals surface area contributed by atoms with E-state index in [-0.39, 0.29) is 12.5 Å². The molecule has 4 heteroatoms. The van der Waals surface area contributed by atoms with Gasteiger partial charge in [0.05, 0.1) is 12.3 Å². The highest BCUT2D eigenvalue weighted by molar-refractivity contribution is 5.92. The first-order chi connectivity index (χ1) is 4.74. The number of aliphatic hydroxyl groups is 1. The molecule has 10 heavy (non-hydrogen) atoms. The first kappa shape index (κ1) is 7.21. The highest BCUT2D eigenvalue weighted by Gasteiger charge is 2.15. The maximum atomic E-state index is 10.8. The van der Waals surface area contributed by atoms with Crippen LogP contribution in [0.3, 0.4) is 0 Å². The second-order valence-electron chi connectivity index (χ2n) is 2.24. The van der Waals surface area contributed by atoms with Gasteiger partial charge in [-0.25, -0.2) is 5.01 Å². The first-order valence-electron chi connectivity index (χ1n) is 3.18. The molecule has 1 heterocycles. The van der Waals surface area contributed by atoms with E-state index in [1.165, 1.54) is 5.01 Å². The molecule has 1 amide bonds. The Labute approximate surface area is 59.1 Å². The average molecular weight is 142 g/mol. The molecule has 0 saturated heterocycles. The van der Waals surface area contributed by atoms with Crippen LogP contribution in [0.1, 0.15) is 12.8 Å². The molecule has 56 valence electrons. The molecule has 0 bridgehead atoms. The van der Waals surface area contributed by atoms with Gasteiger partial charge in [0.2, 0.25) is 5.91 Å². The van der Waals surface area contributed by atoms with Crippen molar-refractivity contribution in [3.63, 3.8) is 0 Å². The van der Waals surface area contributed by atoms with Crippen LogP contribution in [0.15, 0.2) is 5.10 Å². The summed E-state index contributed by atoms with van der Waals surface area (Å²) in [7, 11) is 1.59. The Balaban J connectivity index is 2.65. The fraction of sp³-hybridized carbons (Fsp3) is 0.667. The monoisotopic (exact) mass is 142 g/mol. The van der Waals surface area contributed by atoms with Crippen LogP contribution in [0.5, 0.6) is 0 Å². The summed E-state index contributed by atoms with van der Waals surface area (Å²) in [4.78, 5) is 10.8. The van der Waals surface area contributed by atoms with Crippen molar-refractivity contribution in [1.82, 2.24) is 5.01 Å². The Kier molecular flexibility index (Phi) is 2.01. The van der Waals surface area contributed by atoms with E-state index in [1.54, 1.807) is 7.05 Å². The minimum atomic E-state index is -0.0440. The number of amides is 1. The molecule has 0 aromatic carbocycles. The average Bonchev–Trinajstić information content (AvgIpc) is 1.95. The molecule has 4 nitrogen and oxygen atoms in total. The van der Waals surface area contributed by atoms with E-state index in [0.29, 0.717) is 18.6 Å². The van der Waals surface area contributed by atoms with Gasteiger partial charge in [-0.1, -0.05) is 0 Å². The number of nitrogens with zero attached hydrogens (tertiary/aromatic N) is 2. The molecule has 1 aliphatic heterocycles. The highest BCUT2D eigenvalue weighted by Crippen LogP contribution is 2.05. The van der Waals surface area contributed by atoms with Crippen LogP contribution in [-0.4, -0.2) is 35.4 Å². The zero-order chi connectivity index (χ0) is 7.56. The normalized spacial score (nSPS) is 19.2. The van der Waals surface area contributed by atoms with Crippen molar-refractivity contribution in [1.29, 1.82) is 0 Å². The van der Waals surface area contributed by atoms with Crippen molar-refractivity contribution in [2.45, 2.75) is 12.8 Å². The Morgan fingerprint density at radius 3 is 2.90 bits per heavy atom. The van der Waals surface area contributed by atoms with Crippen LogP contribution >= 0.6 is 0 Å². The topological polar surface area (TPSA) is 52.9 Å². The summed E-state index contributed by atoms with van der Waals surface area (Å²) in [6.07, 6.45) is 1.07. The summed E-state index contributed by atoms with van der Waals surface area (Å²) in [5.74, 6) is 0.0113. The third-order valence-corrected chi connectivity index (χ3v) is 1.46. The van der Waals surface area contributed by atoms with Crippen molar-refractivity contribution in [3.8, 4) is 0 Å². The highest BCUT2D eigenvalue weighted by atomic mass is 16.3. The molecule has 0 atom stereocenters. The van der Waals surface area contributed by atoms with E-state index < -0.39 is 0 Å². The molecule has 0 saturated carbocycles. The lowest BCUT2D eigenvalue weighted by atomic mass is 10.2. The Hall–Kier alpha value is -0.900. The largest absolute Gasteiger partial charge is 0.390 e. The molecular weight excluding hydrogens is 132 g/mol. The molecule has 1 aliphatic rings. The molecule has 0 spiro atoms. The zero-order valence-corrected chi connectivity index (χ0v) is 5.87. The lowest BCUT2D eigenvalue weighted by molar-refractivity contribution is -0.130. The van der Waals surface area contributed by atoms with Gasteiger partial charge in [-0.05, 0) is 6.42 Å². The number of hydrogen-bond acceptors (Lipinski definition) is 3. The van der Waals surface area contributed by atoms with E-state index in [2.05, 4.69) is 5.10 Å². The van der Waals surface area contributed by atoms with Crippen molar-refractivity contribution in [2.24, 2.45) is 5.10 Å². The molecule has 0 aliphatic carbocycles. The van der Waals surface area contributed by atoms with Crippen molar-refractivity contribution >= 4 is 11.6 Å². The van der Waals surface area contributed by atoms with Gasteiger partial charge in [0.1, 0.15) is 0 Å².